The Hall–Kier alpha value is -0.880. The van der Waals surface area contributed by atoms with Gasteiger partial charge >= 0.3 is 0 Å². The van der Waals surface area contributed by atoms with Crippen LogP contribution in [0.3, 0.4) is 0 Å². The van der Waals surface area contributed by atoms with Crippen molar-refractivity contribution in [3.63, 3.8) is 0 Å². The molecule has 92 valence electrons. The number of hydrogen-bond donors (Lipinski definition) is 2. The molecule has 6 heteroatoms. The Kier molecular flexibility index (Phi) is 3.75. The molecule has 1 aromatic rings. The quantitative estimate of drug-likeness (QED) is 0.841. The maximum absolute atomic E-state index is 11.7. The standard InChI is InChI=1S/C10H19N3O2S/c1-8(10(2,3)4)5-13-16(14,15)9-6-11-7-12-9/h6-8,13H,5H2,1-4H3,(H,11,12). The Bertz CT molecular complexity index is 417. The van der Waals surface area contributed by atoms with Crippen molar-refractivity contribution in [2.75, 3.05) is 6.54 Å². The van der Waals surface area contributed by atoms with Crippen LogP contribution in [0, 0.1) is 11.3 Å². The summed E-state index contributed by atoms with van der Waals surface area (Å²) in [5, 5.41) is 0.105. The molecule has 0 bridgehead atoms. The number of H-pyrrole nitrogens is 1. The summed E-state index contributed by atoms with van der Waals surface area (Å²) in [4.78, 5) is 6.27. The molecule has 0 radical (unpaired) electrons. The first-order chi connectivity index (χ1) is 7.23. The lowest BCUT2D eigenvalue weighted by Crippen LogP contribution is -2.33. The van der Waals surface area contributed by atoms with Gasteiger partial charge in [0.1, 0.15) is 0 Å². The van der Waals surface area contributed by atoms with Crippen LogP contribution in [0.5, 0.6) is 0 Å². The highest BCUT2D eigenvalue weighted by Crippen LogP contribution is 2.24. The molecule has 0 saturated carbocycles. The summed E-state index contributed by atoms with van der Waals surface area (Å²) in [6.45, 7) is 8.70. The van der Waals surface area contributed by atoms with Crippen LogP contribution in [0.25, 0.3) is 0 Å². The van der Waals surface area contributed by atoms with Crippen molar-refractivity contribution in [1.82, 2.24) is 14.7 Å². The van der Waals surface area contributed by atoms with Crippen molar-refractivity contribution >= 4 is 10.0 Å². The first kappa shape index (κ1) is 13.2. The average molecular weight is 245 g/mol. The number of sulfonamides is 1. The highest BCUT2D eigenvalue weighted by atomic mass is 32.2. The summed E-state index contributed by atoms with van der Waals surface area (Å²) < 4.78 is 26.1. The van der Waals surface area contributed by atoms with Crippen molar-refractivity contribution in [3.05, 3.63) is 12.5 Å². The van der Waals surface area contributed by atoms with Gasteiger partial charge in [0, 0.05) is 6.54 Å². The minimum Gasteiger partial charge on any atom is -0.335 e. The Labute approximate surface area is 96.7 Å². The number of aromatic amines is 1. The molecule has 1 unspecified atom stereocenters. The maximum atomic E-state index is 11.7. The van der Waals surface area contributed by atoms with E-state index in [1.807, 2.05) is 6.92 Å². The van der Waals surface area contributed by atoms with Crippen LogP contribution in [0.1, 0.15) is 27.7 Å². The van der Waals surface area contributed by atoms with Crippen LogP contribution < -0.4 is 4.72 Å². The number of aromatic nitrogens is 2. The summed E-state index contributed by atoms with van der Waals surface area (Å²) in [6, 6.07) is 0. The minimum absolute atomic E-state index is 0.0799. The second-order valence-corrected chi connectivity index (χ2v) is 6.77. The van der Waals surface area contributed by atoms with Crippen molar-refractivity contribution in [2.45, 2.75) is 32.7 Å². The number of nitrogens with one attached hydrogen (secondary N) is 2. The van der Waals surface area contributed by atoms with E-state index in [4.69, 9.17) is 0 Å². The minimum atomic E-state index is -3.44. The van der Waals surface area contributed by atoms with Gasteiger partial charge in [-0.25, -0.2) is 18.1 Å². The van der Waals surface area contributed by atoms with E-state index in [0.29, 0.717) is 6.54 Å². The van der Waals surface area contributed by atoms with Crippen LogP contribution >= 0.6 is 0 Å². The number of nitrogens with zero attached hydrogens (tertiary/aromatic N) is 1. The summed E-state index contributed by atoms with van der Waals surface area (Å²) in [5.74, 6) is 0.255. The van der Waals surface area contributed by atoms with E-state index in [-0.39, 0.29) is 16.4 Å². The second kappa shape index (κ2) is 4.55. The van der Waals surface area contributed by atoms with Gasteiger partial charge in [-0.15, -0.1) is 0 Å². The fourth-order valence-electron chi connectivity index (χ4n) is 1.01. The molecule has 0 amide bonds. The normalized spacial score (nSPS) is 15.0. The number of hydrogen-bond acceptors (Lipinski definition) is 3. The smallest absolute Gasteiger partial charge is 0.257 e. The SMILES string of the molecule is CC(CNS(=O)(=O)c1cnc[nH]1)C(C)(C)C. The first-order valence-electron chi connectivity index (χ1n) is 5.21. The second-order valence-electron chi connectivity index (χ2n) is 5.03. The molecule has 1 atom stereocenters. The third-order valence-corrected chi connectivity index (χ3v) is 4.17. The lowest BCUT2D eigenvalue weighted by atomic mass is 9.82. The van der Waals surface area contributed by atoms with Gasteiger partial charge < -0.3 is 4.98 Å². The van der Waals surface area contributed by atoms with Crippen LogP contribution in [-0.2, 0) is 10.0 Å². The Morgan fingerprint density at radius 3 is 2.56 bits per heavy atom. The van der Waals surface area contributed by atoms with Crippen molar-refractivity contribution in [1.29, 1.82) is 0 Å². The van der Waals surface area contributed by atoms with E-state index in [1.54, 1.807) is 0 Å². The summed E-state index contributed by atoms with van der Waals surface area (Å²) >= 11 is 0. The predicted molar refractivity (Wildman–Crippen MR) is 62.4 cm³/mol. The van der Waals surface area contributed by atoms with Crippen LogP contribution in [0.4, 0.5) is 0 Å². The third kappa shape index (κ3) is 3.31. The zero-order valence-corrected chi connectivity index (χ0v) is 10.9. The van der Waals surface area contributed by atoms with E-state index in [0.717, 1.165) is 0 Å². The lowest BCUT2D eigenvalue weighted by Gasteiger charge is -2.27. The third-order valence-electron chi connectivity index (χ3n) is 2.82. The molecule has 0 aliphatic heterocycles. The molecule has 16 heavy (non-hydrogen) atoms. The van der Waals surface area contributed by atoms with Crippen LogP contribution in [-0.4, -0.2) is 24.9 Å². The molecular weight excluding hydrogens is 226 g/mol. The fourth-order valence-corrected chi connectivity index (χ4v) is 2.04. The van der Waals surface area contributed by atoms with Gasteiger partial charge in [-0.05, 0) is 11.3 Å². The number of imidazole rings is 1. The Morgan fingerprint density at radius 2 is 2.12 bits per heavy atom. The van der Waals surface area contributed by atoms with Crippen molar-refractivity contribution < 1.29 is 8.42 Å². The topological polar surface area (TPSA) is 74.8 Å². The van der Waals surface area contributed by atoms with Gasteiger partial charge in [0.25, 0.3) is 10.0 Å². The Balaban J connectivity index is 2.63. The maximum Gasteiger partial charge on any atom is 0.257 e. The van der Waals surface area contributed by atoms with E-state index in [1.165, 1.54) is 12.5 Å². The van der Waals surface area contributed by atoms with Gasteiger partial charge in [-0.2, -0.15) is 0 Å². The summed E-state index contributed by atoms with van der Waals surface area (Å²) in [6.07, 6.45) is 2.64. The lowest BCUT2D eigenvalue weighted by molar-refractivity contribution is 0.263. The van der Waals surface area contributed by atoms with E-state index in [2.05, 4.69) is 35.5 Å². The fraction of sp³-hybridized carbons (Fsp3) is 0.700. The van der Waals surface area contributed by atoms with Gasteiger partial charge in [0.2, 0.25) is 0 Å². The van der Waals surface area contributed by atoms with Gasteiger partial charge in [0.15, 0.2) is 5.03 Å². The molecule has 0 fully saturated rings. The van der Waals surface area contributed by atoms with E-state index < -0.39 is 10.0 Å². The zero-order chi connectivity index (χ0) is 12.4. The molecule has 0 aliphatic rings. The van der Waals surface area contributed by atoms with Gasteiger partial charge in [-0.3, -0.25) is 0 Å². The molecule has 0 aromatic carbocycles. The first-order valence-corrected chi connectivity index (χ1v) is 6.70. The predicted octanol–water partition coefficient (Wildman–Crippen LogP) is 1.37. The average Bonchev–Trinajstić information content (AvgIpc) is 2.65. The summed E-state index contributed by atoms with van der Waals surface area (Å²) in [5.41, 5.74) is 0.0799. The van der Waals surface area contributed by atoms with E-state index in [9.17, 15) is 8.42 Å². The molecule has 1 rings (SSSR count). The van der Waals surface area contributed by atoms with Gasteiger partial charge in [0.05, 0.1) is 12.5 Å². The highest BCUT2D eigenvalue weighted by molar-refractivity contribution is 7.89. The largest absolute Gasteiger partial charge is 0.335 e. The molecule has 0 saturated heterocycles. The molecule has 0 spiro atoms. The highest BCUT2D eigenvalue weighted by Gasteiger charge is 2.23. The molecule has 1 aromatic heterocycles. The molecular formula is C10H19N3O2S. The molecule has 1 heterocycles. The summed E-state index contributed by atoms with van der Waals surface area (Å²) in [7, 11) is -3.44. The zero-order valence-electron chi connectivity index (χ0n) is 10.1. The Morgan fingerprint density at radius 1 is 1.50 bits per heavy atom. The monoisotopic (exact) mass is 245 g/mol. The van der Waals surface area contributed by atoms with E-state index >= 15 is 0 Å². The van der Waals surface area contributed by atoms with Crippen LogP contribution in [0.15, 0.2) is 17.6 Å². The van der Waals surface area contributed by atoms with Crippen molar-refractivity contribution in [2.24, 2.45) is 11.3 Å². The molecule has 5 nitrogen and oxygen atoms in total. The molecule has 2 N–H and O–H groups in total. The molecule has 0 aliphatic carbocycles. The number of rotatable bonds is 4. The van der Waals surface area contributed by atoms with Crippen molar-refractivity contribution in [3.8, 4) is 0 Å². The van der Waals surface area contributed by atoms with Gasteiger partial charge in [-0.1, -0.05) is 27.7 Å². The van der Waals surface area contributed by atoms with Crippen LogP contribution in [0.2, 0.25) is 0 Å².